The zero-order valence-corrected chi connectivity index (χ0v) is 11.7. The summed E-state index contributed by atoms with van der Waals surface area (Å²) in [5, 5.41) is 2.49. The number of benzene rings is 2. The fourth-order valence-electron chi connectivity index (χ4n) is 2.70. The molecule has 19 heavy (non-hydrogen) atoms. The molecule has 1 aliphatic rings. The summed E-state index contributed by atoms with van der Waals surface area (Å²) in [5.41, 5.74) is 2.76. The Kier molecular flexibility index (Phi) is 3.03. The van der Waals surface area contributed by atoms with Gasteiger partial charge in [0.15, 0.2) is 0 Å². The molecule has 2 nitrogen and oxygen atoms in total. The molecule has 0 saturated heterocycles. The summed E-state index contributed by atoms with van der Waals surface area (Å²) in [4.78, 5) is 2.35. The molecule has 98 valence electrons. The van der Waals surface area contributed by atoms with Crippen molar-refractivity contribution in [3.63, 3.8) is 0 Å². The number of hydrogen-bond donors (Lipinski definition) is 0. The summed E-state index contributed by atoms with van der Waals surface area (Å²) < 4.78 is 5.27. The Morgan fingerprint density at radius 2 is 1.84 bits per heavy atom. The Morgan fingerprint density at radius 3 is 2.53 bits per heavy atom. The van der Waals surface area contributed by atoms with Crippen LogP contribution in [0.1, 0.15) is 12.5 Å². The summed E-state index contributed by atoms with van der Waals surface area (Å²) in [6.45, 7) is 3.30. The highest BCUT2D eigenvalue weighted by atomic mass is 16.5. The third-order valence-corrected chi connectivity index (χ3v) is 4.09. The van der Waals surface area contributed by atoms with Gasteiger partial charge in [0.05, 0.1) is 7.11 Å². The molecule has 0 N–H and O–H groups in total. The van der Waals surface area contributed by atoms with Crippen molar-refractivity contribution >= 4 is 16.3 Å². The maximum absolute atomic E-state index is 5.27. The molecule has 0 unspecified atom stereocenters. The highest BCUT2D eigenvalue weighted by molar-refractivity contribution is 5.88. The van der Waals surface area contributed by atoms with E-state index in [9.17, 15) is 0 Å². The molecule has 1 atom stereocenters. The molecule has 0 saturated carbocycles. The van der Waals surface area contributed by atoms with Crippen LogP contribution in [-0.4, -0.2) is 31.6 Å². The van der Waals surface area contributed by atoms with Gasteiger partial charge >= 0.3 is 0 Å². The van der Waals surface area contributed by atoms with Crippen molar-refractivity contribution < 1.29 is 4.74 Å². The lowest BCUT2D eigenvalue weighted by Gasteiger charge is -2.18. The Hall–Kier alpha value is -1.80. The van der Waals surface area contributed by atoms with Gasteiger partial charge in [-0.25, -0.2) is 0 Å². The molecule has 0 radical (unpaired) electrons. The van der Waals surface area contributed by atoms with Crippen molar-refractivity contribution in [1.29, 1.82) is 0 Å². The van der Waals surface area contributed by atoms with Gasteiger partial charge in [-0.05, 0) is 54.1 Å². The largest absolute Gasteiger partial charge is 0.497 e. The zero-order valence-electron chi connectivity index (χ0n) is 11.7. The Balaban J connectivity index is 2.03. The average Bonchev–Trinajstić information content (AvgIpc) is 2.78. The van der Waals surface area contributed by atoms with E-state index in [1.165, 1.54) is 21.9 Å². The van der Waals surface area contributed by atoms with E-state index >= 15 is 0 Å². The van der Waals surface area contributed by atoms with Crippen LogP contribution in [0.2, 0.25) is 0 Å². The first-order valence-corrected chi connectivity index (χ1v) is 6.67. The zero-order chi connectivity index (χ0) is 13.4. The SMILES string of the molecule is COc1ccc2cc(C3=CCN(C)[C@@H]3C)ccc2c1. The maximum atomic E-state index is 5.27. The fraction of sp³-hybridized carbons (Fsp3) is 0.294. The molecular formula is C17H19NO. The van der Waals surface area contributed by atoms with Gasteiger partial charge in [0.25, 0.3) is 0 Å². The monoisotopic (exact) mass is 253 g/mol. The smallest absolute Gasteiger partial charge is 0.119 e. The van der Waals surface area contributed by atoms with Gasteiger partial charge < -0.3 is 4.74 Å². The minimum atomic E-state index is 0.496. The molecule has 2 aromatic rings. The predicted octanol–water partition coefficient (Wildman–Crippen LogP) is 3.57. The molecule has 0 aliphatic carbocycles. The molecule has 0 fully saturated rings. The van der Waals surface area contributed by atoms with Crippen LogP contribution in [-0.2, 0) is 0 Å². The molecule has 2 heteroatoms. The van der Waals surface area contributed by atoms with Crippen LogP contribution in [0.3, 0.4) is 0 Å². The van der Waals surface area contributed by atoms with E-state index in [1.807, 2.05) is 6.07 Å². The fourth-order valence-corrected chi connectivity index (χ4v) is 2.70. The molecule has 2 aromatic carbocycles. The second kappa shape index (κ2) is 4.71. The summed E-state index contributed by atoms with van der Waals surface area (Å²) in [7, 11) is 3.87. The van der Waals surface area contributed by atoms with Crippen LogP contribution in [0.5, 0.6) is 5.75 Å². The van der Waals surface area contributed by atoms with Crippen molar-refractivity contribution in [3.05, 3.63) is 48.0 Å². The summed E-state index contributed by atoms with van der Waals surface area (Å²) in [6, 6.07) is 13.4. The second-order valence-corrected chi connectivity index (χ2v) is 5.20. The lowest BCUT2D eigenvalue weighted by Crippen LogP contribution is -2.24. The summed E-state index contributed by atoms with van der Waals surface area (Å²) in [6.07, 6.45) is 2.33. The van der Waals surface area contributed by atoms with Gasteiger partial charge in [-0.1, -0.05) is 24.3 Å². The molecule has 0 bridgehead atoms. The first kappa shape index (κ1) is 12.2. The van der Waals surface area contributed by atoms with Crippen LogP contribution in [0, 0.1) is 0 Å². The Labute approximate surface area is 114 Å². The lowest BCUT2D eigenvalue weighted by molar-refractivity contribution is 0.357. The quantitative estimate of drug-likeness (QED) is 0.811. The number of rotatable bonds is 2. The van der Waals surface area contributed by atoms with Crippen molar-refractivity contribution in [2.24, 2.45) is 0 Å². The van der Waals surface area contributed by atoms with Gasteiger partial charge in [-0.15, -0.1) is 0 Å². The van der Waals surface area contributed by atoms with E-state index in [0.717, 1.165) is 12.3 Å². The molecule has 0 spiro atoms. The molecular weight excluding hydrogens is 234 g/mol. The van der Waals surface area contributed by atoms with Gasteiger partial charge in [-0.3, -0.25) is 4.90 Å². The van der Waals surface area contributed by atoms with Crippen LogP contribution in [0.4, 0.5) is 0 Å². The molecule has 1 aliphatic heterocycles. The van der Waals surface area contributed by atoms with E-state index in [2.05, 4.69) is 55.3 Å². The number of methoxy groups -OCH3 is 1. The first-order valence-electron chi connectivity index (χ1n) is 6.67. The highest BCUT2D eigenvalue weighted by Gasteiger charge is 2.20. The Bertz CT molecular complexity index is 645. The second-order valence-electron chi connectivity index (χ2n) is 5.20. The average molecular weight is 253 g/mol. The van der Waals surface area contributed by atoms with Crippen molar-refractivity contribution in [1.82, 2.24) is 4.90 Å². The standard InChI is InChI=1S/C17H19NO/c1-12-17(8-9-18(12)2)15-5-4-14-11-16(19-3)7-6-13(14)10-15/h4-8,10-12H,9H2,1-3H3/t12-/m1/s1. The van der Waals surface area contributed by atoms with Crippen LogP contribution in [0.25, 0.3) is 16.3 Å². The van der Waals surface area contributed by atoms with E-state index in [-0.39, 0.29) is 0 Å². The number of likely N-dealkylation sites (N-methyl/N-ethyl adjacent to an activating group) is 1. The number of ether oxygens (including phenoxy) is 1. The normalized spacial score (nSPS) is 19.7. The summed E-state index contributed by atoms with van der Waals surface area (Å²) in [5.74, 6) is 0.911. The topological polar surface area (TPSA) is 12.5 Å². The third-order valence-electron chi connectivity index (χ3n) is 4.09. The maximum Gasteiger partial charge on any atom is 0.119 e. The minimum absolute atomic E-state index is 0.496. The summed E-state index contributed by atoms with van der Waals surface area (Å²) >= 11 is 0. The number of hydrogen-bond acceptors (Lipinski definition) is 2. The van der Waals surface area contributed by atoms with Gasteiger partial charge in [0.2, 0.25) is 0 Å². The minimum Gasteiger partial charge on any atom is -0.497 e. The van der Waals surface area contributed by atoms with Crippen molar-refractivity contribution in [2.45, 2.75) is 13.0 Å². The first-order chi connectivity index (χ1) is 9.19. The van der Waals surface area contributed by atoms with Gasteiger partial charge in [0, 0.05) is 12.6 Å². The number of fused-ring (bicyclic) bond motifs is 1. The highest BCUT2D eigenvalue weighted by Crippen LogP contribution is 2.30. The molecule has 3 rings (SSSR count). The Morgan fingerprint density at radius 1 is 1.11 bits per heavy atom. The molecule has 0 aromatic heterocycles. The van der Waals surface area contributed by atoms with Crippen LogP contribution < -0.4 is 4.74 Å². The van der Waals surface area contributed by atoms with E-state index in [0.29, 0.717) is 6.04 Å². The lowest BCUT2D eigenvalue weighted by atomic mass is 9.98. The number of nitrogens with zero attached hydrogens (tertiary/aromatic N) is 1. The van der Waals surface area contributed by atoms with E-state index in [1.54, 1.807) is 7.11 Å². The molecule has 1 heterocycles. The van der Waals surface area contributed by atoms with Gasteiger partial charge in [-0.2, -0.15) is 0 Å². The van der Waals surface area contributed by atoms with Crippen molar-refractivity contribution in [3.8, 4) is 5.75 Å². The van der Waals surface area contributed by atoms with Crippen LogP contribution in [0.15, 0.2) is 42.5 Å². The van der Waals surface area contributed by atoms with Crippen molar-refractivity contribution in [2.75, 3.05) is 20.7 Å². The van der Waals surface area contributed by atoms with Crippen LogP contribution >= 0.6 is 0 Å². The molecule has 0 amide bonds. The predicted molar refractivity (Wildman–Crippen MR) is 80.6 cm³/mol. The third kappa shape index (κ3) is 2.13. The van der Waals surface area contributed by atoms with E-state index in [4.69, 9.17) is 4.74 Å². The van der Waals surface area contributed by atoms with Gasteiger partial charge in [0.1, 0.15) is 5.75 Å². The van der Waals surface area contributed by atoms with E-state index < -0.39 is 0 Å².